The molecule has 0 radical (unpaired) electrons. The number of likely N-dealkylation sites (tertiary alicyclic amines) is 1. The minimum atomic E-state index is 0.384. The Hall–Kier alpha value is -0.0900. The highest BCUT2D eigenvalue weighted by Crippen LogP contribution is 2.23. The summed E-state index contributed by atoms with van der Waals surface area (Å²) in [5.74, 6) is 0. The molecule has 0 amide bonds. The fourth-order valence-corrected chi connectivity index (χ4v) is 2.60. The molecule has 1 aromatic rings. The van der Waals surface area contributed by atoms with Crippen LogP contribution in [0, 0.1) is 0 Å². The summed E-state index contributed by atoms with van der Waals surface area (Å²) >= 11 is 9.65. The lowest BCUT2D eigenvalue weighted by atomic mass is 10.1. The largest absolute Gasteiger partial charge is 0.328 e. The minimum Gasteiger partial charge on any atom is -0.328 e. The van der Waals surface area contributed by atoms with Crippen molar-refractivity contribution >= 4 is 27.5 Å². The second-order valence-electron chi connectivity index (χ2n) is 4.35. The Morgan fingerprint density at radius 2 is 2.06 bits per heavy atom. The maximum Gasteiger partial charge on any atom is 0.0451 e. The van der Waals surface area contributed by atoms with E-state index in [4.69, 9.17) is 17.3 Å². The average Bonchev–Trinajstić information content (AvgIpc) is 2.27. The Morgan fingerprint density at radius 3 is 2.75 bits per heavy atom. The Morgan fingerprint density at radius 1 is 1.38 bits per heavy atom. The molecule has 0 aliphatic carbocycles. The van der Waals surface area contributed by atoms with Crippen LogP contribution in [-0.4, -0.2) is 24.0 Å². The van der Waals surface area contributed by atoms with Crippen LogP contribution in [0.3, 0.4) is 0 Å². The highest BCUT2D eigenvalue weighted by Gasteiger charge is 2.16. The summed E-state index contributed by atoms with van der Waals surface area (Å²) in [7, 11) is 0. The maximum absolute atomic E-state index is 6.17. The van der Waals surface area contributed by atoms with Crippen molar-refractivity contribution < 1.29 is 0 Å². The van der Waals surface area contributed by atoms with Gasteiger partial charge in [-0.2, -0.15) is 0 Å². The van der Waals surface area contributed by atoms with E-state index in [2.05, 4.69) is 26.9 Å². The lowest BCUT2D eigenvalue weighted by Gasteiger charge is -2.30. The second-order valence-corrected chi connectivity index (χ2v) is 5.67. The van der Waals surface area contributed by atoms with Crippen LogP contribution in [0.1, 0.15) is 18.4 Å². The van der Waals surface area contributed by atoms with Crippen molar-refractivity contribution in [3.8, 4) is 0 Å². The van der Waals surface area contributed by atoms with Crippen LogP contribution in [0.4, 0.5) is 0 Å². The fraction of sp³-hybridized carbons (Fsp3) is 0.500. The molecule has 0 saturated carbocycles. The van der Waals surface area contributed by atoms with E-state index < -0.39 is 0 Å². The number of hydrogen-bond donors (Lipinski definition) is 1. The van der Waals surface area contributed by atoms with Gasteiger partial charge in [-0.25, -0.2) is 0 Å². The van der Waals surface area contributed by atoms with Crippen molar-refractivity contribution in [2.45, 2.75) is 25.4 Å². The summed E-state index contributed by atoms with van der Waals surface area (Å²) in [6, 6.07) is 6.39. The highest BCUT2D eigenvalue weighted by atomic mass is 79.9. The lowest BCUT2D eigenvalue weighted by Crippen LogP contribution is -2.39. The Kier molecular flexibility index (Phi) is 4.25. The zero-order chi connectivity index (χ0) is 11.5. The van der Waals surface area contributed by atoms with Gasteiger partial charge in [0.05, 0.1) is 0 Å². The third-order valence-electron chi connectivity index (χ3n) is 3.03. The number of nitrogens with two attached hydrogens (primary N) is 1. The summed E-state index contributed by atoms with van der Waals surface area (Å²) in [5, 5.41) is 0.845. The average molecular weight is 304 g/mol. The van der Waals surface area contributed by atoms with Gasteiger partial charge in [-0.15, -0.1) is 0 Å². The molecule has 1 aliphatic heterocycles. The van der Waals surface area contributed by atoms with Gasteiger partial charge in [0.25, 0.3) is 0 Å². The molecular weight excluding hydrogens is 288 g/mol. The Balaban J connectivity index is 2.00. The number of rotatable bonds is 2. The van der Waals surface area contributed by atoms with Gasteiger partial charge in [0.2, 0.25) is 0 Å². The first-order valence-corrected chi connectivity index (χ1v) is 6.74. The predicted molar refractivity (Wildman–Crippen MR) is 71.6 cm³/mol. The monoisotopic (exact) mass is 302 g/mol. The van der Waals surface area contributed by atoms with E-state index in [0.717, 1.165) is 42.0 Å². The summed E-state index contributed by atoms with van der Waals surface area (Å²) in [4.78, 5) is 2.41. The molecule has 16 heavy (non-hydrogen) atoms. The first-order valence-electron chi connectivity index (χ1n) is 5.57. The van der Waals surface area contributed by atoms with Crippen molar-refractivity contribution in [2.24, 2.45) is 5.73 Å². The van der Waals surface area contributed by atoms with Gasteiger partial charge in [0, 0.05) is 22.1 Å². The van der Waals surface area contributed by atoms with Gasteiger partial charge in [-0.3, -0.25) is 4.90 Å². The third-order valence-corrected chi connectivity index (χ3v) is 3.90. The molecular formula is C12H16BrClN2. The number of nitrogens with zero attached hydrogens (tertiary/aromatic N) is 1. The van der Waals surface area contributed by atoms with Crippen molar-refractivity contribution in [2.75, 3.05) is 13.1 Å². The first kappa shape index (κ1) is 12.4. The van der Waals surface area contributed by atoms with E-state index >= 15 is 0 Å². The molecule has 0 atom stereocenters. The summed E-state index contributed by atoms with van der Waals surface area (Å²) in [5.41, 5.74) is 7.07. The van der Waals surface area contributed by atoms with Gasteiger partial charge in [0.1, 0.15) is 0 Å². The van der Waals surface area contributed by atoms with Crippen LogP contribution in [0.2, 0.25) is 5.02 Å². The summed E-state index contributed by atoms with van der Waals surface area (Å²) in [6.45, 7) is 3.07. The van der Waals surface area contributed by atoms with Crippen LogP contribution in [0.5, 0.6) is 0 Å². The molecule has 4 heteroatoms. The number of halogens is 2. The molecule has 0 spiro atoms. The molecule has 1 heterocycles. The molecule has 1 fully saturated rings. The van der Waals surface area contributed by atoms with Gasteiger partial charge in [-0.1, -0.05) is 27.5 Å². The smallest absolute Gasteiger partial charge is 0.0451 e. The topological polar surface area (TPSA) is 29.3 Å². The second kappa shape index (κ2) is 5.50. The van der Waals surface area contributed by atoms with E-state index in [1.165, 1.54) is 5.56 Å². The van der Waals surface area contributed by atoms with Gasteiger partial charge in [0.15, 0.2) is 0 Å². The van der Waals surface area contributed by atoms with Gasteiger partial charge < -0.3 is 5.73 Å². The standard InChI is InChI=1S/C12H16BrClN2/c13-10-1-2-12(14)9(7-10)8-16-5-3-11(15)4-6-16/h1-2,7,11H,3-6,8,15H2. The van der Waals surface area contributed by atoms with Crippen LogP contribution in [0.25, 0.3) is 0 Å². The van der Waals surface area contributed by atoms with Crippen LogP contribution < -0.4 is 5.73 Å². The van der Waals surface area contributed by atoms with E-state index in [-0.39, 0.29) is 0 Å². The van der Waals surface area contributed by atoms with E-state index in [1.54, 1.807) is 0 Å². The van der Waals surface area contributed by atoms with Crippen molar-refractivity contribution in [3.05, 3.63) is 33.3 Å². The molecule has 1 aromatic carbocycles. The van der Waals surface area contributed by atoms with Crippen LogP contribution in [0.15, 0.2) is 22.7 Å². The number of benzene rings is 1. The molecule has 1 saturated heterocycles. The van der Waals surface area contributed by atoms with Crippen molar-refractivity contribution in [1.82, 2.24) is 4.90 Å². The van der Waals surface area contributed by atoms with Crippen molar-refractivity contribution in [3.63, 3.8) is 0 Å². The van der Waals surface area contributed by atoms with E-state index in [1.807, 2.05) is 12.1 Å². The van der Waals surface area contributed by atoms with Gasteiger partial charge in [-0.05, 0) is 49.7 Å². The fourth-order valence-electron chi connectivity index (χ4n) is 2.02. The molecule has 0 unspecified atom stereocenters. The zero-order valence-corrected chi connectivity index (χ0v) is 11.5. The molecule has 0 bridgehead atoms. The quantitative estimate of drug-likeness (QED) is 0.910. The maximum atomic E-state index is 6.17. The van der Waals surface area contributed by atoms with E-state index in [0.29, 0.717) is 6.04 Å². The number of hydrogen-bond acceptors (Lipinski definition) is 2. The highest BCUT2D eigenvalue weighted by molar-refractivity contribution is 9.10. The molecule has 2 N–H and O–H groups in total. The Bertz CT molecular complexity index is 362. The molecule has 0 aromatic heterocycles. The molecule has 2 rings (SSSR count). The van der Waals surface area contributed by atoms with Crippen molar-refractivity contribution in [1.29, 1.82) is 0 Å². The third kappa shape index (κ3) is 3.20. The summed E-state index contributed by atoms with van der Waals surface area (Å²) < 4.78 is 1.08. The zero-order valence-electron chi connectivity index (χ0n) is 9.13. The summed E-state index contributed by atoms with van der Waals surface area (Å²) in [6.07, 6.45) is 2.18. The molecule has 88 valence electrons. The minimum absolute atomic E-state index is 0.384. The number of piperidine rings is 1. The first-order chi connectivity index (χ1) is 7.65. The normalized spacial score (nSPS) is 18.9. The van der Waals surface area contributed by atoms with Gasteiger partial charge >= 0.3 is 0 Å². The molecule has 2 nitrogen and oxygen atoms in total. The Labute approximate surface area is 110 Å². The predicted octanol–water partition coefficient (Wildman–Crippen LogP) is 3.03. The van der Waals surface area contributed by atoms with Crippen LogP contribution >= 0.6 is 27.5 Å². The van der Waals surface area contributed by atoms with Crippen LogP contribution in [-0.2, 0) is 6.54 Å². The SMILES string of the molecule is NC1CCN(Cc2cc(Br)ccc2Cl)CC1. The lowest BCUT2D eigenvalue weighted by molar-refractivity contribution is 0.205. The molecule has 1 aliphatic rings. The van der Waals surface area contributed by atoms with E-state index in [9.17, 15) is 0 Å².